The third kappa shape index (κ3) is 6.16. The zero-order valence-electron chi connectivity index (χ0n) is 20.3. The first-order chi connectivity index (χ1) is 17.7. The molecule has 2 N–H and O–H groups in total. The minimum atomic E-state index is -0.951. The SMILES string of the molecule is COc1ccc2ncc(Cl)c([C@@H](O)CCC3(C(=O)O)CCN(CC#Cc4ccc(F)c(Cl)c4)CC3)c2c1. The molecule has 1 atom stereocenters. The van der Waals surface area contributed by atoms with Gasteiger partial charge in [0.25, 0.3) is 0 Å². The fourth-order valence-corrected chi connectivity index (χ4v) is 5.19. The molecular formula is C28H27Cl2FN2O4. The molecule has 0 bridgehead atoms. The van der Waals surface area contributed by atoms with Crippen molar-refractivity contribution in [2.75, 3.05) is 26.7 Å². The number of aromatic nitrogens is 1. The number of pyridine rings is 1. The summed E-state index contributed by atoms with van der Waals surface area (Å²) in [6.45, 7) is 1.60. The zero-order chi connectivity index (χ0) is 26.6. The third-order valence-electron chi connectivity index (χ3n) is 7.02. The number of piperidine rings is 1. The molecule has 194 valence electrons. The number of aliphatic carboxylic acids is 1. The van der Waals surface area contributed by atoms with Crippen LogP contribution in [0.1, 0.15) is 42.9 Å². The Labute approximate surface area is 225 Å². The standard InChI is InChI=1S/C28H27Cl2FN2O4/c1-37-19-5-7-24-20(16-19)26(22(30)17-32-24)25(34)8-9-28(27(35)36)10-13-33(14-11-28)12-2-3-18-4-6-23(31)21(29)15-18/h4-7,15-17,25,34H,8-14H2,1H3,(H,35,36)/t25-/m0/s1. The van der Waals surface area contributed by atoms with E-state index in [2.05, 4.69) is 21.7 Å². The van der Waals surface area contributed by atoms with Crippen LogP contribution in [0, 0.1) is 23.1 Å². The second kappa shape index (κ2) is 11.7. The Balaban J connectivity index is 1.41. The average Bonchev–Trinajstić information content (AvgIpc) is 2.89. The van der Waals surface area contributed by atoms with Crippen LogP contribution in [0.15, 0.2) is 42.6 Å². The molecule has 1 aliphatic heterocycles. The van der Waals surface area contributed by atoms with E-state index in [9.17, 15) is 19.4 Å². The van der Waals surface area contributed by atoms with Crippen molar-refractivity contribution in [2.24, 2.45) is 5.41 Å². The minimum Gasteiger partial charge on any atom is -0.497 e. The lowest BCUT2D eigenvalue weighted by Gasteiger charge is -2.38. The Hall–Kier alpha value is -2.89. The van der Waals surface area contributed by atoms with Gasteiger partial charge in [0.05, 0.1) is 40.7 Å². The maximum atomic E-state index is 13.3. The third-order valence-corrected chi connectivity index (χ3v) is 7.61. The van der Waals surface area contributed by atoms with Gasteiger partial charge in [-0.25, -0.2) is 4.39 Å². The maximum Gasteiger partial charge on any atom is 0.309 e. The van der Waals surface area contributed by atoms with Crippen LogP contribution >= 0.6 is 23.2 Å². The summed E-state index contributed by atoms with van der Waals surface area (Å²) < 4.78 is 18.6. The van der Waals surface area contributed by atoms with Crippen LogP contribution in [0.25, 0.3) is 10.9 Å². The lowest BCUT2D eigenvalue weighted by atomic mass is 9.74. The Morgan fingerprint density at radius 1 is 1.22 bits per heavy atom. The smallest absolute Gasteiger partial charge is 0.309 e. The van der Waals surface area contributed by atoms with Crippen LogP contribution in [0.2, 0.25) is 10.0 Å². The average molecular weight is 545 g/mol. The number of ether oxygens (including phenoxy) is 1. The molecule has 0 saturated carbocycles. The van der Waals surface area contributed by atoms with Crippen LogP contribution in [0.3, 0.4) is 0 Å². The summed E-state index contributed by atoms with van der Waals surface area (Å²) in [6.07, 6.45) is 1.98. The minimum absolute atomic E-state index is 0.0263. The summed E-state index contributed by atoms with van der Waals surface area (Å²) in [7, 11) is 1.56. The van der Waals surface area contributed by atoms with Crippen molar-refractivity contribution in [1.82, 2.24) is 9.88 Å². The van der Waals surface area contributed by atoms with Crippen LogP contribution in [0.5, 0.6) is 5.75 Å². The molecule has 1 aliphatic rings. The van der Waals surface area contributed by atoms with Gasteiger partial charge in [0.15, 0.2) is 0 Å². The van der Waals surface area contributed by atoms with E-state index in [1.165, 1.54) is 18.3 Å². The molecule has 0 radical (unpaired) electrons. The molecule has 1 aromatic heterocycles. The fraction of sp³-hybridized carbons (Fsp3) is 0.357. The largest absolute Gasteiger partial charge is 0.497 e. The molecule has 0 spiro atoms. The van der Waals surface area contributed by atoms with E-state index in [0.29, 0.717) is 71.7 Å². The summed E-state index contributed by atoms with van der Waals surface area (Å²) in [6, 6.07) is 9.68. The van der Waals surface area contributed by atoms with Crippen LogP contribution in [-0.4, -0.2) is 52.8 Å². The van der Waals surface area contributed by atoms with Gasteiger partial charge in [0, 0.05) is 35.8 Å². The van der Waals surface area contributed by atoms with Crippen molar-refractivity contribution in [3.05, 3.63) is 69.6 Å². The highest BCUT2D eigenvalue weighted by molar-refractivity contribution is 6.32. The number of aliphatic hydroxyl groups excluding tert-OH is 1. The fourth-order valence-electron chi connectivity index (χ4n) is 4.73. The van der Waals surface area contributed by atoms with Crippen molar-refractivity contribution in [1.29, 1.82) is 0 Å². The number of carbonyl (C=O) groups is 1. The second-order valence-corrected chi connectivity index (χ2v) is 10.1. The maximum absolute atomic E-state index is 13.3. The summed E-state index contributed by atoms with van der Waals surface area (Å²) in [5, 5.41) is 22.2. The summed E-state index contributed by atoms with van der Waals surface area (Å²) >= 11 is 12.2. The summed E-state index contributed by atoms with van der Waals surface area (Å²) in [5.41, 5.74) is 0.879. The van der Waals surface area contributed by atoms with Gasteiger partial charge in [-0.1, -0.05) is 35.0 Å². The number of likely N-dealkylation sites (tertiary alicyclic amines) is 1. The van der Waals surface area contributed by atoms with Gasteiger partial charge in [-0.05, 0) is 62.1 Å². The number of rotatable bonds is 7. The number of carboxylic acids is 1. The topological polar surface area (TPSA) is 82.9 Å². The lowest BCUT2D eigenvalue weighted by molar-refractivity contribution is -0.153. The van der Waals surface area contributed by atoms with Crippen molar-refractivity contribution in [3.8, 4) is 17.6 Å². The summed E-state index contributed by atoms with van der Waals surface area (Å²) in [5.74, 6) is 5.29. The first kappa shape index (κ1) is 27.2. The Morgan fingerprint density at radius 3 is 2.65 bits per heavy atom. The second-order valence-electron chi connectivity index (χ2n) is 9.25. The Morgan fingerprint density at radius 2 is 1.97 bits per heavy atom. The number of methoxy groups -OCH3 is 1. The van der Waals surface area contributed by atoms with E-state index in [4.69, 9.17) is 27.9 Å². The molecule has 4 rings (SSSR count). The van der Waals surface area contributed by atoms with Gasteiger partial charge in [0.1, 0.15) is 11.6 Å². The van der Waals surface area contributed by atoms with E-state index in [0.717, 1.165) is 0 Å². The zero-order valence-corrected chi connectivity index (χ0v) is 21.8. The highest BCUT2D eigenvalue weighted by Gasteiger charge is 2.41. The number of hydrogen-bond acceptors (Lipinski definition) is 5. The predicted molar refractivity (Wildman–Crippen MR) is 142 cm³/mol. The number of nitrogens with zero attached hydrogens (tertiary/aromatic N) is 2. The first-order valence-corrected chi connectivity index (χ1v) is 12.7. The quantitative estimate of drug-likeness (QED) is 0.370. The van der Waals surface area contributed by atoms with Gasteiger partial charge in [-0.2, -0.15) is 0 Å². The number of aliphatic hydroxyl groups is 1. The van der Waals surface area contributed by atoms with Crippen molar-refractivity contribution >= 4 is 40.1 Å². The van der Waals surface area contributed by atoms with Crippen LogP contribution in [-0.2, 0) is 4.79 Å². The molecule has 1 fully saturated rings. The molecule has 0 amide bonds. The predicted octanol–water partition coefficient (Wildman–Crippen LogP) is 5.72. The van der Waals surface area contributed by atoms with E-state index >= 15 is 0 Å². The lowest BCUT2D eigenvalue weighted by Crippen LogP contribution is -2.44. The molecule has 2 heterocycles. The first-order valence-electron chi connectivity index (χ1n) is 11.9. The van der Waals surface area contributed by atoms with Gasteiger partial charge >= 0.3 is 5.97 Å². The van der Waals surface area contributed by atoms with E-state index < -0.39 is 23.3 Å². The highest BCUT2D eigenvalue weighted by atomic mass is 35.5. The highest BCUT2D eigenvalue weighted by Crippen LogP contribution is 2.41. The molecule has 1 saturated heterocycles. The number of fused-ring (bicyclic) bond motifs is 1. The molecule has 37 heavy (non-hydrogen) atoms. The van der Waals surface area contributed by atoms with E-state index in [1.807, 2.05) is 0 Å². The van der Waals surface area contributed by atoms with Crippen LogP contribution < -0.4 is 4.74 Å². The summed E-state index contributed by atoms with van der Waals surface area (Å²) in [4.78, 5) is 18.7. The normalized spacial score (nSPS) is 16.1. The molecular weight excluding hydrogens is 518 g/mol. The molecule has 0 unspecified atom stereocenters. The number of carboxylic acid groups (broad SMARTS) is 1. The van der Waals surface area contributed by atoms with Crippen molar-refractivity contribution in [3.63, 3.8) is 0 Å². The Kier molecular flexibility index (Phi) is 8.56. The van der Waals surface area contributed by atoms with Crippen molar-refractivity contribution < 1.29 is 24.1 Å². The number of benzene rings is 2. The van der Waals surface area contributed by atoms with Gasteiger partial charge in [-0.3, -0.25) is 14.7 Å². The number of hydrogen-bond donors (Lipinski definition) is 2. The van der Waals surface area contributed by atoms with Crippen LogP contribution in [0.4, 0.5) is 4.39 Å². The van der Waals surface area contributed by atoms with Gasteiger partial charge < -0.3 is 14.9 Å². The molecule has 3 aromatic rings. The van der Waals surface area contributed by atoms with Crippen molar-refractivity contribution in [2.45, 2.75) is 31.8 Å². The molecule has 6 nitrogen and oxygen atoms in total. The van der Waals surface area contributed by atoms with E-state index in [1.54, 1.807) is 31.4 Å². The van der Waals surface area contributed by atoms with E-state index in [-0.39, 0.29) is 11.4 Å². The number of halogens is 3. The van der Waals surface area contributed by atoms with Gasteiger partial charge in [0.2, 0.25) is 0 Å². The molecule has 0 aliphatic carbocycles. The molecule has 2 aromatic carbocycles. The Bertz CT molecular complexity index is 1360. The molecule has 9 heteroatoms. The monoisotopic (exact) mass is 544 g/mol. The van der Waals surface area contributed by atoms with Gasteiger partial charge in [-0.15, -0.1) is 0 Å².